The third kappa shape index (κ3) is 3.81. The normalized spacial score (nSPS) is 15.9. The number of hydrogen-bond acceptors (Lipinski definition) is 3. The van der Waals surface area contributed by atoms with Crippen LogP contribution in [0.4, 0.5) is 0 Å². The highest BCUT2D eigenvalue weighted by Crippen LogP contribution is 2.17. The van der Waals surface area contributed by atoms with Gasteiger partial charge in [-0.1, -0.05) is 22.0 Å². The second kappa shape index (κ2) is 7.41. The van der Waals surface area contributed by atoms with Crippen LogP contribution in [-0.2, 0) is 4.74 Å². The van der Waals surface area contributed by atoms with Crippen molar-refractivity contribution in [1.29, 1.82) is 5.26 Å². The van der Waals surface area contributed by atoms with Crippen molar-refractivity contribution in [3.05, 3.63) is 35.4 Å². The van der Waals surface area contributed by atoms with E-state index < -0.39 is 0 Å². The fourth-order valence-corrected chi connectivity index (χ4v) is 2.53. The maximum atomic E-state index is 12.4. The van der Waals surface area contributed by atoms with Crippen molar-refractivity contribution in [2.45, 2.75) is 18.9 Å². The lowest BCUT2D eigenvalue weighted by Crippen LogP contribution is -2.41. The summed E-state index contributed by atoms with van der Waals surface area (Å²) in [6.45, 7) is 2.13. The van der Waals surface area contributed by atoms with Crippen LogP contribution in [-0.4, -0.2) is 41.9 Å². The van der Waals surface area contributed by atoms with Crippen LogP contribution in [0.25, 0.3) is 0 Å². The van der Waals surface area contributed by atoms with Gasteiger partial charge < -0.3 is 9.64 Å². The van der Waals surface area contributed by atoms with Gasteiger partial charge >= 0.3 is 0 Å². The average molecular weight is 337 g/mol. The number of nitrogens with zero attached hydrogens (tertiary/aromatic N) is 2. The number of benzene rings is 1. The Hall–Kier alpha value is -1.38. The number of carbonyl (C=O) groups is 1. The van der Waals surface area contributed by atoms with Crippen molar-refractivity contribution < 1.29 is 9.53 Å². The molecule has 0 bridgehead atoms. The zero-order valence-corrected chi connectivity index (χ0v) is 12.8. The zero-order valence-electron chi connectivity index (χ0n) is 11.2. The van der Waals surface area contributed by atoms with Crippen molar-refractivity contribution in [3.8, 4) is 6.07 Å². The molecule has 0 atom stereocenters. The molecule has 1 aromatic carbocycles. The van der Waals surface area contributed by atoms with Crippen molar-refractivity contribution in [2.75, 3.05) is 25.0 Å². The topological polar surface area (TPSA) is 53.3 Å². The molecule has 106 valence electrons. The van der Waals surface area contributed by atoms with E-state index in [1.807, 2.05) is 4.90 Å². The standard InChI is InChI=1S/C15H17BrN2O2/c16-6-9-20-14-4-7-18(8-5-14)15(19)13-3-1-2-12(10-13)11-17/h1-3,10,14H,4-9H2. The van der Waals surface area contributed by atoms with Gasteiger partial charge in [-0.2, -0.15) is 5.26 Å². The maximum Gasteiger partial charge on any atom is 0.253 e. The third-order valence-electron chi connectivity index (χ3n) is 3.40. The van der Waals surface area contributed by atoms with Crippen molar-refractivity contribution in [3.63, 3.8) is 0 Å². The molecule has 0 saturated carbocycles. The van der Waals surface area contributed by atoms with Gasteiger partial charge in [0.25, 0.3) is 5.91 Å². The second-order valence-electron chi connectivity index (χ2n) is 4.74. The monoisotopic (exact) mass is 336 g/mol. The van der Waals surface area contributed by atoms with Crippen molar-refractivity contribution in [1.82, 2.24) is 4.90 Å². The summed E-state index contributed by atoms with van der Waals surface area (Å²) in [7, 11) is 0. The summed E-state index contributed by atoms with van der Waals surface area (Å²) >= 11 is 3.34. The second-order valence-corrected chi connectivity index (χ2v) is 5.54. The molecule has 1 heterocycles. The highest BCUT2D eigenvalue weighted by molar-refractivity contribution is 9.09. The van der Waals surface area contributed by atoms with E-state index in [4.69, 9.17) is 10.00 Å². The molecule has 0 N–H and O–H groups in total. The number of carbonyl (C=O) groups excluding carboxylic acids is 1. The van der Waals surface area contributed by atoms with Crippen LogP contribution >= 0.6 is 15.9 Å². The van der Waals surface area contributed by atoms with Gasteiger partial charge in [0.2, 0.25) is 0 Å². The Morgan fingerprint density at radius 2 is 2.20 bits per heavy atom. The van der Waals surface area contributed by atoms with Crippen molar-refractivity contribution in [2.24, 2.45) is 0 Å². The predicted molar refractivity (Wildman–Crippen MR) is 79.8 cm³/mol. The molecule has 1 aliphatic rings. The molecule has 0 aliphatic carbocycles. The molecule has 1 aliphatic heterocycles. The number of piperidine rings is 1. The minimum Gasteiger partial charge on any atom is -0.377 e. The fraction of sp³-hybridized carbons (Fsp3) is 0.467. The van der Waals surface area contributed by atoms with Crippen LogP contribution in [0.1, 0.15) is 28.8 Å². The first-order valence-electron chi connectivity index (χ1n) is 6.71. The first-order valence-corrected chi connectivity index (χ1v) is 7.83. The summed E-state index contributed by atoms with van der Waals surface area (Å²) in [6, 6.07) is 8.92. The fourth-order valence-electron chi connectivity index (χ4n) is 2.34. The Morgan fingerprint density at radius 1 is 1.45 bits per heavy atom. The molecular weight excluding hydrogens is 320 g/mol. The molecule has 5 heteroatoms. The molecule has 0 spiro atoms. The quantitative estimate of drug-likeness (QED) is 0.794. The van der Waals surface area contributed by atoms with Gasteiger partial charge in [-0.25, -0.2) is 0 Å². The van der Waals surface area contributed by atoms with Gasteiger partial charge in [0.15, 0.2) is 0 Å². The number of rotatable bonds is 4. The van der Waals surface area contributed by atoms with Crippen LogP contribution in [0.15, 0.2) is 24.3 Å². The third-order valence-corrected chi connectivity index (χ3v) is 3.72. The minimum absolute atomic E-state index is 0.000964. The SMILES string of the molecule is N#Cc1cccc(C(=O)N2CCC(OCCBr)CC2)c1. The molecule has 1 saturated heterocycles. The molecule has 1 aromatic rings. The first kappa shape index (κ1) is 15.0. The highest BCUT2D eigenvalue weighted by atomic mass is 79.9. The van der Waals surface area contributed by atoms with Gasteiger partial charge in [-0.15, -0.1) is 0 Å². The minimum atomic E-state index is 0.000964. The Morgan fingerprint density at radius 3 is 2.85 bits per heavy atom. The summed E-state index contributed by atoms with van der Waals surface area (Å²) in [5.41, 5.74) is 1.11. The van der Waals surface area contributed by atoms with Gasteiger partial charge in [0, 0.05) is 24.0 Å². The number of likely N-dealkylation sites (tertiary alicyclic amines) is 1. The van der Waals surface area contributed by atoms with E-state index in [9.17, 15) is 4.79 Å². The molecular formula is C15H17BrN2O2. The smallest absolute Gasteiger partial charge is 0.253 e. The first-order chi connectivity index (χ1) is 9.74. The number of amides is 1. The van der Waals surface area contributed by atoms with E-state index in [0.29, 0.717) is 30.8 Å². The van der Waals surface area contributed by atoms with E-state index in [2.05, 4.69) is 22.0 Å². The Balaban J connectivity index is 1.93. The molecule has 0 aromatic heterocycles. The lowest BCUT2D eigenvalue weighted by atomic mass is 10.1. The van der Waals surface area contributed by atoms with Crippen molar-refractivity contribution >= 4 is 21.8 Å². The number of nitriles is 1. The molecule has 2 rings (SSSR count). The lowest BCUT2D eigenvalue weighted by Gasteiger charge is -2.32. The van der Waals surface area contributed by atoms with Gasteiger partial charge in [-0.05, 0) is 31.0 Å². The lowest BCUT2D eigenvalue weighted by molar-refractivity contribution is 0.0160. The predicted octanol–water partition coefficient (Wildman–Crippen LogP) is 2.57. The summed E-state index contributed by atoms with van der Waals surface area (Å²) in [6.07, 6.45) is 2.00. The summed E-state index contributed by atoms with van der Waals surface area (Å²) in [4.78, 5) is 14.2. The number of ether oxygens (including phenoxy) is 1. The van der Waals surface area contributed by atoms with Crippen LogP contribution in [0.2, 0.25) is 0 Å². The number of alkyl halides is 1. The molecule has 20 heavy (non-hydrogen) atoms. The van der Waals surface area contributed by atoms with E-state index in [1.165, 1.54) is 0 Å². The highest BCUT2D eigenvalue weighted by Gasteiger charge is 2.23. The molecule has 0 radical (unpaired) electrons. The largest absolute Gasteiger partial charge is 0.377 e. The van der Waals surface area contributed by atoms with Gasteiger partial charge in [-0.3, -0.25) is 4.79 Å². The van der Waals surface area contributed by atoms with E-state index >= 15 is 0 Å². The number of hydrogen-bond donors (Lipinski definition) is 0. The van der Waals surface area contributed by atoms with Crippen LogP contribution < -0.4 is 0 Å². The van der Waals surface area contributed by atoms with Gasteiger partial charge in [0.1, 0.15) is 0 Å². The van der Waals surface area contributed by atoms with E-state index in [1.54, 1.807) is 24.3 Å². The van der Waals surface area contributed by atoms with E-state index in [0.717, 1.165) is 18.2 Å². The summed E-state index contributed by atoms with van der Waals surface area (Å²) in [5, 5.41) is 9.72. The van der Waals surface area contributed by atoms with E-state index in [-0.39, 0.29) is 12.0 Å². The summed E-state index contributed by atoms with van der Waals surface area (Å²) in [5.74, 6) is 0.000964. The maximum absolute atomic E-state index is 12.4. The van der Waals surface area contributed by atoms with Gasteiger partial charge in [0.05, 0.1) is 24.3 Å². The molecule has 1 amide bonds. The summed E-state index contributed by atoms with van der Waals surface area (Å²) < 4.78 is 5.67. The van der Waals surface area contributed by atoms with Crippen LogP contribution in [0, 0.1) is 11.3 Å². The Bertz CT molecular complexity index is 505. The molecule has 4 nitrogen and oxygen atoms in total. The van der Waals surface area contributed by atoms with Crippen LogP contribution in [0.5, 0.6) is 0 Å². The average Bonchev–Trinajstić information content (AvgIpc) is 2.52. The Kier molecular flexibility index (Phi) is 5.57. The molecule has 0 unspecified atom stereocenters. The number of halogens is 1. The zero-order chi connectivity index (χ0) is 14.4. The Labute approximate surface area is 127 Å². The molecule has 1 fully saturated rings. The van der Waals surface area contributed by atoms with Crippen LogP contribution in [0.3, 0.4) is 0 Å².